The summed E-state index contributed by atoms with van der Waals surface area (Å²) in [4.78, 5) is 8.78. The van der Waals surface area contributed by atoms with Crippen molar-refractivity contribution in [2.24, 2.45) is 4.99 Å². The molecular formula is C8H14N4. The normalized spacial score (nSPS) is 21.5. The molecule has 0 spiro atoms. The van der Waals surface area contributed by atoms with Crippen LogP contribution in [0.2, 0.25) is 0 Å². The number of fused-ring (bicyclic) bond motifs is 1. The van der Waals surface area contributed by atoms with E-state index in [1.807, 2.05) is 0 Å². The molecule has 0 radical (unpaired) electrons. The maximum atomic E-state index is 4.42. The summed E-state index contributed by atoms with van der Waals surface area (Å²) < 4.78 is 0. The highest BCUT2D eigenvalue weighted by Crippen LogP contribution is 2.14. The molecule has 66 valence electrons. The first kappa shape index (κ1) is 7.46. The van der Waals surface area contributed by atoms with E-state index in [0.29, 0.717) is 0 Å². The lowest BCUT2D eigenvalue weighted by Crippen LogP contribution is -2.27. The van der Waals surface area contributed by atoms with E-state index in [-0.39, 0.29) is 0 Å². The SMILES string of the molecule is CCN1C=C2C(=NC1)NCN2C. The van der Waals surface area contributed by atoms with Crippen LogP contribution in [-0.4, -0.2) is 42.6 Å². The van der Waals surface area contributed by atoms with E-state index in [2.05, 4.69) is 40.3 Å². The molecule has 2 aliphatic rings. The summed E-state index contributed by atoms with van der Waals surface area (Å²) in [5.74, 6) is 1.04. The molecule has 1 saturated heterocycles. The number of hydrogen-bond acceptors (Lipinski definition) is 4. The molecule has 2 rings (SSSR count). The van der Waals surface area contributed by atoms with Crippen molar-refractivity contribution in [2.45, 2.75) is 6.92 Å². The van der Waals surface area contributed by atoms with Gasteiger partial charge in [-0.15, -0.1) is 0 Å². The Kier molecular flexibility index (Phi) is 1.67. The minimum atomic E-state index is 0.788. The van der Waals surface area contributed by atoms with Gasteiger partial charge in [0, 0.05) is 19.8 Å². The van der Waals surface area contributed by atoms with Crippen molar-refractivity contribution < 1.29 is 0 Å². The minimum absolute atomic E-state index is 0.788. The lowest BCUT2D eigenvalue weighted by Gasteiger charge is -2.22. The lowest BCUT2D eigenvalue weighted by molar-refractivity contribution is 0.383. The van der Waals surface area contributed by atoms with Gasteiger partial charge in [0.05, 0.1) is 12.4 Å². The van der Waals surface area contributed by atoms with Crippen molar-refractivity contribution in [3.05, 3.63) is 11.9 Å². The monoisotopic (exact) mass is 166 g/mol. The number of rotatable bonds is 1. The first-order valence-electron chi connectivity index (χ1n) is 4.27. The number of hydrogen-bond donors (Lipinski definition) is 1. The Bertz CT molecular complexity index is 243. The second kappa shape index (κ2) is 2.69. The van der Waals surface area contributed by atoms with Gasteiger partial charge in [0.15, 0.2) is 0 Å². The Morgan fingerprint density at radius 1 is 1.67 bits per heavy atom. The van der Waals surface area contributed by atoms with Crippen LogP contribution in [0.15, 0.2) is 16.9 Å². The van der Waals surface area contributed by atoms with Crippen LogP contribution in [0.25, 0.3) is 0 Å². The highest BCUT2D eigenvalue weighted by Gasteiger charge is 2.22. The maximum Gasteiger partial charge on any atom is 0.149 e. The molecule has 2 heterocycles. The molecule has 0 aliphatic carbocycles. The highest BCUT2D eigenvalue weighted by molar-refractivity contribution is 5.99. The van der Waals surface area contributed by atoms with Gasteiger partial charge in [-0.3, -0.25) is 0 Å². The van der Waals surface area contributed by atoms with Gasteiger partial charge in [-0.25, -0.2) is 4.99 Å². The Morgan fingerprint density at radius 3 is 3.25 bits per heavy atom. The van der Waals surface area contributed by atoms with Crippen LogP contribution in [-0.2, 0) is 0 Å². The maximum absolute atomic E-state index is 4.42. The quantitative estimate of drug-likeness (QED) is 0.595. The van der Waals surface area contributed by atoms with Crippen LogP contribution < -0.4 is 5.32 Å². The fourth-order valence-electron chi connectivity index (χ4n) is 1.41. The molecular weight excluding hydrogens is 152 g/mol. The molecule has 2 aliphatic heterocycles. The van der Waals surface area contributed by atoms with E-state index in [0.717, 1.165) is 25.7 Å². The van der Waals surface area contributed by atoms with Crippen LogP contribution in [0.5, 0.6) is 0 Å². The average Bonchev–Trinajstić information content (AvgIpc) is 2.47. The van der Waals surface area contributed by atoms with Crippen molar-refractivity contribution in [3.8, 4) is 0 Å². The molecule has 0 aromatic heterocycles. The third-order valence-electron chi connectivity index (χ3n) is 2.26. The summed E-state index contributed by atoms with van der Waals surface area (Å²) in [6.45, 7) is 4.83. The molecule has 4 nitrogen and oxygen atoms in total. The van der Waals surface area contributed by atoms with E-state index in [4.69, 9.17) is 0 Å². The fraction of sp³-hybridized carbons (Fsp3) is 0.625. The molecule has 1 fully saturated rings. The third-order valence-corrected chi connectivity index (χ3v) is 2.26. The predicted octanol–water partition coefficient (Wildman–Crippen LogP) is 0.0118. The molecule has 0 amide bonds. The number of nitrogens with one attached hydrogen (secondary N) is 1. The molecule has 0 saturated carbocycles. The van der Waals surface area contributed by atoms with Crippen LogP contribution in [0.4, 0.5) is 0 Å². The summed E-state index contributed by atoms with van der Waals surface area (Å²) in [5, 5.41) is 3.23. The first-order valence-corrected chi connectivity index (χ1v) is 4.27. The second-order valence-corrected chi connectivity index (χ2v) is 3.10. The smallest absolute Gasteiger partial charge is 0.149 e. The summed E-state index contributed by atoms with van der Waals surface area (Å²) >= 11 is 0. The molecule has 4 heteroatoms. The van der Waals surface area contributed by atoms with Crippen LogP contribution in [0.3, 0.4) is 0 Å². The topological polar surface area (TPSA) is 30.9 Å². The second-order valence-electron chi connectivity index (χ2n) is 3.10. The number of nitrogens with zero attached hydrogens (tertiary/aromatic N) is 3. The summed E-state index contributed by atoms with van der Waals surface area (Å²) in [7, 11) is 2.07. The van der Waals surface area contributed by atoms with Gasteiger partial charge >= 0.3 is 0 Å². The van der Waals surface area contributed by atoms with Crippen LogP contribution in [0.1, 0.15) is 6.92 Å². The number of likely N-dealkylation sites (N-methyl/N-ethyl adjacent to an activating group) is 1. The molecule has 12 heavy (non-hydrogen) atoms. The largest absolute Gasteiger partial charge is 0.357 e. The zero-order chi connectivity index (χ0) is 8.55. The van der Waals surface area contributed by atoms with Gasteiger partial charge in [0.1, 0.15) is 12.5 Å². The van der Waals surface area contributed by atoms with Gasteiger partial charge in [0.2, 0.25) is 0 Å². The molecule has 0 aromatic carbocycles. The van der Waals surface area contributed by atoms with Crippen molar-refractivity contribution in [2.75, 3.05) is 26.9 Å². The van der Waals surface area contributed by atoms with Crippen molar-refractivity contribution in [1.29, 1.82) is 0 Å². The Morgan fingerprint density at radius 2 is 2.50 bits per heavy atom. The van der Waals surface area contributed by atoms with Gasteiger partial charge in [-0.05, 0) is 6.92 Å². The van der Waals surface area contributed by atoms with E-state index >= 15 is 0 Å². The third kappa shape index (κ3) is 1.03. The molecule has 0 unspecified atom stereocenters. The van der Waals surface area contributed by atoms with E-state index in [1.54, 1.807) is 0 Å². The van der Waals surface area contributed by atoms with Crippen molar-refractivity contribution in [1.82, 2.24) is 15.1 Å². The van der Waals surface area contributed by atoms with Gasteiger partial charge < -0.3 is 15.1 Å². The summed E-state index contributed by atoms with van der Waals surface area (Å²) in [5.41, 5.74) is 1.21. The zero-order valence-corrected chi connectivity index (χ0v) is 7.54. The predicted molar refractivity (Wildman–Crippen MR) is 48.5 cm³/mol. The van der Waals surface area contributed by atoms with Gasteiger partial charge in [-0.1, -0.05) is 0 Å². The summed E-state index contributed by atoms with van der Waals surface area (Å²) in [6, 6.07) is 0. The van der Waals surface area contributed by atoms with Crippen molar-refractivity contribution >= 4 is 5.84 Å². The summed E-state index contributed by atoms with van der Waals surface area (Å²) in [6.07, 6.45) is 2.17. The molecule has 0 atom stereocenters. The lowest BCUT2D eigenvalue weighted by atomic mass is 10.3. The number of amidine groups is 1. The zero-order valence-electron chi connectivity index (χ0n) is 7.54. The average molecular weight is 166 g/mol. The first-order chi connectivity index (χ1) is 5.81. The van der Waals surface area contributed by atoms with Crippen molar-refractivity contribution in [3.63, 3.8) is 0 Å². The minimum Gasteiger partial charge on any atom is -0.357 e. The van der Waals surface area contributed by atoms with Gasteiger partial charge in [-0.2, -0.15) is 0 Å². The Balaban J connectivity index is 2.22. The van der Waals surface area contributed by atoms with Gasteiger partial charge in [0.25, 0.3) is 0 Å². The van der Waals surface area contributed by atoms with Crippen LogP contribution >= 0.6 is 0 Å². The Hall–Kier alpha value is -1.19. The van der Waals surface area contributed by atoms with E-state index < -0.39 is 0 Å². The highest BCUT2D eigenvalue weighted by atomic mass is 15.4. The van der Waals surface area contributed by atoms with E-state index in [9.17, 15) is 0 Å². The van der Waals surface area contributed by atoms with Crippen LogP contribution in [0, 0.1) is 0 Å². The fourth-order valence-corrected chi connectivity index (χ4v) is 1.41. The molecule has 1 N–H and O–H groups in total. The molecule has 0 aromatic rings. The Labute approximate surface area is 72.6 Å². The molecule has 0 bridgehead atoms. The van der Waals surface area contributed by atoms with E-state index in [1.165, 1.54) is 5.70 Å². The standard InChI is InChI=1S/C8H14N4/c1-3-12-4-7-8(10-6-12)9-5-11(7)2/h4H,3,5-6H2,1-2H3,(H,9,10). The number of aliphatic imine (C=N–C) groups is 1.